The van der Waals surface area contributed by atoms with E-state index in [1.807, 2.05) is 0 Å². The van der Waals surface area contributed by atoms with Crippen molar-refractivity contribution in [2.24, 2.45) is 0 Å². The Balaban J connectivity index is 2.03. The first-order valence-electron chi connectivity index (χ1n) is 8.25. The highest BCUT2D eigenvalue weighted by Crippen LogP contribution is 2.18. The number of carbonyl (C=O) groups is 2. The summed E-state index contributed by atoms with van der Waals surface area (Å²) in [5, 5.41) is 10.6. The number of halogens is 1. The van der Waals surface area contributed by atoms with Crippen molar-refractivity contribution in [3.05, 3.63) is 66.0 Å². The molecule has 2 aromatic rings. The minimum Gasteiger partial charge on any atom is -0.480 e. The summed E-state index contributed by atoms with van der Waals surface area (Å²) in [4.78, 5) is 23.5. The first-order chi connectivity index (χ1) is 12.7. The second kappa shape index (κ2) is 8.77. The van der Waals surface area contributed by atoms with Crippen LogP contribution in [0.4, 0.5) is 4.39 Å². The molecule has 0 aliphatic rings. The third kappa shape index (κ3) is 5.62. The van der Waals surface area contributed by atoms with Gasteiger partial charge in [0.25, 0.3) is 0 Å². The van der Waals surface area contributed by atoms with Crippen LogP contribution in [0.1, 0.15) is 18.9 Å². The number of hydrogen-bond acceptors (Lipinski definition) is 4. The lowest BCUT2D eigenvalue weighted by Crippen LogP contribution is -2.43. The van der Waals surface area contributed by atoms with Gasteiger partial charge in [-0.2, -0.15) is 0 Å². The molecule has 8 heteroatoms. The number of carboxylic acid groups (broad SMARTS) is 1. The maximum atomic E-state index is 13.0. The van der Waals surface area contributed by atoms with Gasteiger partial charge in [0.15, 0.2) is 9.84 Å². The van der Waals surface area contributed by atoms with Crippen molar-refractivity contribution < 1.29 is 27.5 Å². The summed E-state index contributed by atoms with van der Waals surface area (Å²) in [6, 6.07) is 11.9. The molecule has 2 aromatic carbocycles. The second-order valence-electron chi connectivity index (χ2n) is 6.16. The number of carboxylic acids is 1. The molecule has 2 rings (SSSR count). The minimum atomic E-state index is -3.84. The molecule has 2 N–H and O–H groups in total. The molecule has 0 heterocycles. The second-order valence-corrected chi connectivity index (χ2v) is 8.53. The number of carbonyl (C=O) groups excluding carboxylic acids is 1. The number of nitrogens with one attached hydrogen (secondary N) is 1. The molecule has 0 spiro atoms. The highest BCUT2D eigenvalue weighted by molar-refractivity contribution is 7.92. The lowest BCUT2D eigenvalue weighted by atomic mass is 10.1. The van der Waals surface area contributed by atoms with Gasteiger partial charge in [-0.3, -0.25) is 4.79 Å². The fourth-order valence-electron chi connectivity index (χ4n) is 2.53. The van der Waals surface area contributed by atoms with E-state index in [1.165, 1.54) is 6.92 Å². The molecule has 0 saturated carbocycles. The summed E-state index contributed by atoms with van der Waals surface area (Å²) in [5.74, 6) is -2.46. The molecular weight excluding hydrogens is 373 g/mol. The molecule has 0 radical (unpaired) electrons. The Hall–Kier alpha value is -2.74. The number of benzene rings is 2. The van der Waals surface area contributed by atoms with Crippen molar-refractivity contribution in [3.8, 4) is 0 Å². The topological polar surface area (TPSA) is 101 Å². The Labute approximate surface area is 157 Å². The predicted octanol–water partition coefficient (Wildman–Crippen LogP) is 2.19. The summed E-state index contributed by atoms with van der Waals surface area (Å²) in [6.07, 6.45) is -0.320. The molecule has 0 aliphatic carbocycles. The van der Waals surface area contributed by atoms with Crippen LogP contribution in [0.25, 0.3) is 0 Å². The van der Waals surface area contributed by atoms with Crippen LogP contribution in [-0.2, 0) is 25.8 Å². The molecular formula is C19H20FNO5S. The van der Waals surface area contributed by atoms with E-state index in [9.17, 15) is 27.5 Å². The zero-order chi connectivity index (χ0) is 20.0. The van der Waals surface area contributed by atoms with Gasteiger partial charge in [-0.15, -0.1) is 0 Å². The van der Waals surface area contributed by atoms with E-state index < -0.39 is 45.2 Å². The molecule has 0 saturated heterocycles. The molecule has 0 fully saturated rings. The molecule has 6 nitrogen and oxygen atoms in total. The van der Waals surface area contributed by atoms with Gasteiger partial charge < -0.3 is 10.4 Å². The van der Waals surface area contributed by atoms with Gasteiger partial charge in [-0.25, -0.2) is 17.6 Å². The van der Waals surface area contributed by atoms with Crippen LogP contribution in [0.2, 0.25) is 0 Å². The summed E-state index contributed by atoms with van der Waals surface area (Å²) < 4.78 is 37.9. The standard InChI is InChI=1S/C19H20FNO5S/c1-13(27(25,26)16-9-7-15(20)8-10-16)11-18(22)21-17(19(23)24)12-14-5-3-2-4-6-14/h2-10,13,17H,11-12H2,1H3,(H,21,22)(H,23,24)/t13?,17-/m1/s1. The third-order valence-electron chi connectivity index (χ3n) is 4.06. The van der Waals surface area contributed by atoms with E-state index >= 15 is 0 Å². The monoisotopic (exact) mass is 393 g/mol. The normalized spacial score (nSPS) is 13.6. The summed E-state index contributed by atoms with van der Waals surface area (Å²) in [5.41, 5.74) is 0.734. The van der Waals surface area contributed by atoms with Crippen LogP contribution in [0, 0.1) is 5.82 Å². The van der Waals surface area contributed by atoms with Crippen molar-refractivity contribution in [2.75, 3.05) is 0 Å². The number of hydrogen-bond donors (Lipinski definition) is 2. The van der Waals surface area contributed by atoms with E-state index in [-0.39, 0.29) is 11.3 Å². The van der Waals surface area contributed by atoms with E-state index in [4.69, 9.17) is 0 Å². The fraction of sp³-hybridized carbons (Fsp3) is 0.263. The van der Waals surface area contributed by atoms with Gasteiger partial charge in [-0.05, 0) is 36.8 Å². The average Bonchev–Trinajstić information content (AvgIpc) is 2.62. The highest BCUT2D eigenvalue weighted by Gasteiger charge is 2.28. The summed E-state index contributed by atoms with van der Waals surface area (Å²) in [7, 11) is -3.84. The Bertz CT molecular complexity index is 897. The fourth-order valence-corrected chi connectivity index (χ4v) is 3.88. The Morgan fingerprint density at radius 2 is 1.67 bits per heavy atom. The van der Waals surface area contributed by atoms with Crippen LogP contribution in [0.5, 0.6) is 0 Å². The highest BCUT2D eigenvalue weighted by atomic mass is 32.2. The summed E-state index contributed by atoms with van der Waals surface area (Å²) >= 11 is 0. The van der Waals surface area contributed by atoms with Gasteiger partial charge in [0.1, 0.15) is 11.9 Å². The van der Waals surface area contributed by atoms with Crippen LogP contribution in [0.3, 0.4) is 0 Å². The minimum absolute atomic E-state index is 0.0843. The van der Waals surface area contributed by atoms with Crippen molar-refractivity contribution >= 4 is 21.7 Å². The number of amides is 1. The maximum Gasteiger partial charge on any atom is 0.326 e. The van der Waals surface area contributed by atoms with E-state index in [0.717, 1.165) is 29.8 Å². The SMILES string of the molecule is CC(CC(=O)N[C@H](Cc1ccccc1)C(=O)O)S(=O)(=O)c1ccc(F)cc1. The smallest absolute Gasteiger partial charge is 0.326 e. The number of rotatable bonds is 8. The van der Waals surface area contributed by atoms with Crippen molar-refractivity contribution in [1.82, 2.24) is 5.32 Å². The molecule has 144 valence electrons. The molecule has 0 aromatic heterocycles. The predicted molar refractivity (Wildman–Crippen MR) is 97.4 cm³/mol. The van der Waals surface area contributed by atoms with Gasteiger partial charge in [0.05, 0.1) is 10.1 Å². The summed E-state index contributed by atoms with van der Waals surface area (Å²) in [6.45, 7) is 1.35. The van der Waals surface area contributed by atoms with Gasteiger partial charge in [0.2, 0.25) is 5.91 Å². The lowest BCUT2D eigenvalue weighted by Gasteiger charge is -2.17. The average molecular weight is 393 g/mol. The van der Waals surface area contributed by atoms with Gasteiger partial charge in [0, 0.05) is 12.8 Å². The van der Waals surface area contributed by atoms with Crippen molar-refractivity contribution in [3.63, 3.8) is 0 Å². The van der Waals surface area contributed by atoms with Crippen molar-refractivity contribution in [1.29, 1.82) is 0 Å². The Kier molecular flexibility index (Phi) is 6.68. The van der Waals surface area contributed by atoms with Crippen LogP contribution >= 0.6 is 0 Å². The first kappa shape index (κ1) is 20.6. The van der Waals surface area contributed by atoms with Crippen LogP contribution in [0.15, 0.2) is 59.5 Å². The number of aliphatic carboxylic acids is 1. The lowest BCUT2D eigenvalue weighted by molar-refractivity contribution is -0.141. The van der Waals surface area contributed by atoms with Crippen LogP contribution < -0.4 is 5.32 Å². The Morgan fingerprint density at radius 3 is 2.22 bits per heavy atom. The van der Waals surface area contributed by atoms with Crippen LogP contribution in [-0.4, -0.2) is 36.7 Å². The largest absolute Gasteiger partial charge is 0.480 e. The van der Waals surface area contributed by atoms with E-state index in [1.54, 1.807) is 30.3 Å². The molecule has 1 unspecified atom stereocenters. The third-order valence-corrected chi connectivity index (χ3v) is 6.22. The first-order valence-corrected chi connectivity index (χ1v) is 9.80. The number of sulfone groups is 1. The molecule has 2 atom stereocenters. The van der Waals surface area contributed by atoms with E-state index in [2.05, 4.69) is 5.32 Å². The quantitative estimate of drug-likeness (QED) is 0.670. The van der Waals surface area contributed by atoms with Gasteiger partial charge >= 0.3 is 5.97 Å². The maximum absolute atomic E-state index is 13.0. The zero-order valence-corrected chi connectivity index (χ0v) is 15.4. The zero-order valence-electron chi connectivity index (χ0n) is 14.6. The molecule has 0 aliphatic heterocycles. The Morgan fingerprint density at radius 1 is 1.07 bits per heavy atom. The molecule has 0 bridgehead atoms. The van der Waals surface area contributed by atoms with Gasteiger partial charge in [-0.1, -0.05) is 30.3 Å². The molecule has 1 amide bonds. The van der Waals surface area contributed by atoms with E-state index in [0.29, 0.717) is 0 Å². The molecule has 27 heavy (non-hydrogen) atoms. The van der Waals surface area contributed by atoms with Crippen molar-refractivity contribution in [2.45, 2.75) is 36.0 Å².